The van der Waals surface area contributed by atoms with Gasteiger partial charge >= 0.3 is 18.4 Å². The molecule has 0 radical (unpaired) electrons. The second-order valence-corrected chi connectivity index (χ2v) is 16.0. The van der Waals surface area contributed by atoms with Crippen LogP contribution in [0.1, 0.15) is 54.4 Å². The van der Waals surface area contributed by atoms with Crippen LogP contribution >= 0.6 is 23.5 Å². The maximum atomic E-state index is 13.8. The SMILES string of the molecule is CC(C)(C)OC(=O)N(Cc1cc(-c2ccc(C(F)(F)F)cc2)nc(SCc2ccccc2)n1)NCc1cc(-c2ccc(C(F)(F)F)cc2)nc(SCc2ccccc2)n1. The molecule has 8 nitrogen and oxygen atoms in total. The number of ether oxygens (including phenoxy) is 1. The van der Waals surface area contributed by atoms with E-state index in [-0.39, 0.29) is 13.1 Å². The Balaban J connectivity index is 1.32. The summed E-state index contributed by atoms with van der Waals surface area (Å²) in [5.74, 6) is 1.03. The molecule has 0 aliphatic carbocycles. The summed E-state index contributed by atoms with van der Waals surface area (Å²) >= 11 is 2.67. The highest BCUT2D eigenvalue weighted by molar-refractivity contribution is 7.98. The van der Waals surface area contributed by atoms with Crippen molar-refractivity contribution < 1.29 is 35.9 Å². The highest BCUT2D eigenvalue weighted by atomic mass is 32.2. The van der Waals surface area contributed by atoms with Gasteiger partial charge in [0.2, 0.25) is 0 Å². The first kappa shape index (κ1) is 43.1. The van der Waals surface area contributed by atoms with Gasteiger partial charge in [0.25, 0.3) is 0 Å². The number of carbonyl (C=O) groups is 1. The van der Waals surface area contributed by atoms with Gasteiger partial charge in [-0.05, 0) is 68.3 Å². The van der Waals surface area contributed by atoms with Crippen molar-refractivity contribution in [2.24, 2.45) is 0 Å². The number of hydrogen-bond acceptors (Lipinski definition) is 9. The van der Waals surface area contributed by atoms with Gasteiger partial charge in [0, 0.05) is 22.6 Å². The molecule has 0 fully saturated rings. The van der Waals surface area contributed by atoms with E-state index in [2.05, 4.69) is 15.4 Å². The molecule has 6 rings (SSSR count). The topological polar surface area (TPSA) is 93.1 Å². The van der Waals surface area contributed by atoms with E-state index in [1.54, 1.807) is 32.9 Å². The molecule has 59 heavy (non-hydrogen) atoms. The zero-order valence-electron chi connectivity index (χ0n) is 32.0. The number of halogens is 6. The zero-order chi connectivity index (χ0) is 42.2. The monoisotopic (exact) mass is 848 g/mol. The highest BCUT2D eigenvalue weighted by Crippen LogP contribution is 2.33. The van der Waals surface area contributed by atoms with Gasteiger partial charge in [-0.15, -0.1) is 0 Å². The first-order valence-corrected chi connectivity index (χ1v) is 20.1. The fourth-order valence-electron chi connectivity index (χ4n) is 5.49. The number of carbonyl (C=O) groups excluding carboxylic acids is 1. The number of hydrogen-bond donors (Lipinski definition) is 1. The van der Waals surface area contributed by atoms with Crippen LogP contribution in [-0.4, -0.2) is 36.6 Å². The Hall–Kier alpha value is -5.45. The number of aromatic nitrogens is 4. The normalized spacial score (nSPS) is 12.0. The van der Waals surface area contributed by atoms with Crippen LogP contribution in [0.5, 0.6) is 0 Å². The van der Waals surface area contributed by atoms with Crippen molar-refractivity contribution in [3.63, 3.8) is 0 Å². The lowest BCUT2D eigenvalue weighted by atomic mass is 10.1. The molecule has 6 aromatic rings. The van der Waals surface area contributed by atoms with E-state index in [9.17, 15) is 31.1 Å². The van der Waals surface area contributed by atoms with E-state index < -0.39 is 35.2 Å². The number of nitrogens with one attached hydrogen (secondary N) is 1. The van der Waals surface area contributed by atoms with E-state index in [0.29, 0.717) is 55.7 Å². The number of thioether (sulfide) groups is 2. The van der Waals surface area contributed by atoms with Crippen molar-refractivity contribution in [1.82, 2.24) is 30.4 Å². The smallest absolute Gasteiger partial charge is 0.425 e. The largest absolute Gasteiger partial charge is 0.443 e. The zero-order valence-corrected chi connectivity index (χ0v) is 33.6. The Morgan fingerprint density at radius 1 is 0.610 bits per heavy atom. The molecule has 306 valence electrons. The van der Waals surface area contributed by atoms with E-state index in [0.717, 1.165) is 35.4 Å². The van der Waals surface area contributed by atoms with Crippen LogP contribution in [0, 0.1) is 0 Å². The lowest BCUT2D eigenvalue weighted by Gasteiger charge is -2.27. The molecule has 0 saturated heterocycles. The van der Waals surface area contributed by atoms with E-state index in [4.69, 9.17) is 14.7 Å². The third-order valence-corrected chi connectivity index (χ3v) is 10.2. The van der Waals surface area contributed by atoms with Gasteiger partial charge in [-0.2, -0.15) is 26.3 Å². The summed E-state index contributed by atoms with van der Waals surface area (Å²) in [6, 6.07) is 31.7. The van der Waals surface area contributed by atoms with Crippen LogP contribution in [0.2, 0.25) is 0 Å². The standard InChI is InChI=1S/C43H38F6N6O2S2/c1-41(2,3)57-40(56)55(25-35-23-37(31-16-20-33(21-17-31)43(47,48)49)54-39(52-35)59-27-29-12-8-5-9-13-29)50-24-34-22-36(30-14-18-32(19-15-30)42(44,45)46)53-38(51-34)58-26-28-10-6-4-7-11-28/h4-23,50H,24-27H2,1-3H3. The maximum absolute atomic E-state index is 13.8. The number of alkyl halides is 6. The fraction of sp³-hybridized carbons (Fsp3) is 0.233. The Morgan fingerprint density at radius 2 is 1.03 bits per heavy atom. The summed E-state index contributed by atoms with van der Waals surface area (Å²) < 4.78 is 86.1. The van der Waals surface area contributed by atoms with Crippen LogP contribution in [0.25, 0.3) is 22.5 Å². The van der Waals surface area contributed by atoms with E-state index in [1.165, 1.54) is 52.8 Å². The summed E-state index contributed by atoms with van der Waals surface area (Å²) in [5.41, 5.74) is 4.97. The van der Waals surface area contributed by atoms with Crippen LogP contribution in [0.4, 0.5) is 31.1 Å². The summed E-state index contributed by atoms with van der Waals surface area (Å²) in [7, 11) is 0. The highest BCUT2D eigenvalue weighted by Gasteiger charge is 2.31. The van der Waals surface area contributed by atoms with Gasteiger partial charge in [0.05, 0.1) is 47.0 Å². The molecule has 0 saturated carbocycles. The average Bonchev–Trinajstić information content (AvgIpc) is 3.20. The number of amides is 1. The molecular weight excluding hydrogens is 811 g/mol. The molecule has 0 atom stereocenters. The number of rotatable bonds is 13. The van der Waals surface area contributed by atoms with Crippen LogP contribution in [-0.2, 0) is 41.7 Å². The van der Waals surface area contributed by atoms with Gasteiger partial charge in [-0.3, -0.25) is 0 Å². The third kappa shape index (κ3) is 12.8. The maximum Gasteiger partial charge on any atom is 0.425 e. The van der Waals surface area contributed by atoms with Gasteiger partial charge in [0.1, 0.15) is 5.60 Å². The molecule has 0 bridgehead atoms. The van der Waals surface area contributed by atoms with Crippen molar-refractivity contribution >= 4 is 29.6 Å². The van der Waals surface area contributed by atoms with E-state index in [1.807, 2.05) is 60.7 Å². The molecule has 16 heteroatoms. The van der Waals surface area contributed by atoms with Gasteiger partial charge in [0.15, 0.2) is 10.3 Å². The second-order valence-electron chi connectivity index (χ2n) is 14.2. The lowest BCUT2D eigenvalue weighted by Crippen LogP contribution is -2.45. The molecule has 4 aromatic carbocycles. The summed E-state index contributed by atoms with van der Waals surface area (Å²) in [6.07, 6.45) is -9.78. The second kappa shape index (κ2) is 18.6. The molecule has 1 N–H and O–H groups in total. The number of nitrogens with zero attached hydrogens (tertiary/aromatic N) is 5. The molecule has 0 aliphatic rings. The van der Waals surface area contributed by atoms with Crippen molar-refractivity contribution in [3.05, 3.63) is 155 Å². The molecule has 2 heterocycles. The Bertz CT molecular complexity index is 2330. The first-order valence-electron chi connectivity index (χ1n) is 18.2. The minimum absolute atomic E-state index is 0.0409. The fourth-order valence-corrected chi connectivity index (χ4v) is 7.15. The Morgan fingerprint density at radius 3 is 1.46 bits per heavy atom. The van der Waals surface area contributed by atoms with Crippen molar-refractivity contribution in [1.29, 1.82) is 0 Å². The molecule has 0 spiro atoms. The van der Waals surface area contributed by atoms with Gasteiger partial charge in [-0.1, -0.05) is 108 Å². The molecule has 1 amide bonds. The van der Waals surface area contributed by atoms with E-state index >= 15 is 0 Å². The molecule has 0 aliphatic heterocycles. The third-order valence-electron chi connectivity index (χ3n) is 8.34. The average molecular weight is 849 g/mol. The Kier molecular flexibility index (Phi) is 13.6. The van der Waals surface area contributed by atoms with Crippen molar-refractivity contribution in [3.8, 4) is 22.5 Å². The summed E-state index contributed by atoms with van der Waals surface area (Å²) in [5, 5.41) is 1.92. The summed E-state index contributed by atoms with van der Waals surface area (Å²) in [6.45, 7) is 4.95. The molecular formula is C43H38F6N6O2S2. The minimum Gasteiger partial charge on any atom is -0.443 e. The van der Waals surface area contributed by atoms with Crippen molar-refractivity contribution in [2.45, 2.75) is 73.6 Å². The van der Waals surface area contributed by atoms with Crippen molar-refractivity contribution in [2.75, 3.05) is 0 Å². The van der Waals surface area contributed by atoms with Crippen LogP contribution in [0.15, 0.2) is 132 Å². The van der Waals surface area contributed by atoms with Crippen LogP contribution in [0.3, 0.4) is 0 Å². The minimum atomic E-state index is -4.52. The molecule has 2 aromatic heterocycles. The lowest BCUT2D eigenvalue weighted by molar-refractivity contribution is -0.138. The predicted octanol–water partition coefficient (Wildman–Crippen LogP) is 11.7. The number of hydrazine groups is 1. The van der Waals surface area contributed by atoms with Gasteiger partial charge in [-0.25, -0.2) is 35.2 Å². The molecule has 0 unspecified atom stereocenters. The Labute approximate surface area is 345 Å². The number of benzene rings is 4. The quantitative estimate of drug-likeness (QED) is 0.0528. The van der Waals surface area contributed by atoms with Crippen LogP contribution < -0.4 is 5.43 Å². The predicted molar refractivity (Wildman–Crippen MR) is 216 cm³/mol. The summed E-state index contributed by atoms with van der Waals surface area (Å²) in [4.78, 5) is 32.5. The first-order chi connectivity index (χ1) is 28.0. The van der Waals surface area contributed by atoms with Gasteiger partial charge < -0.3 is 4.74 Å².